The molecule has 148 valence electrons. The van der Waals surface area contributed by atoms with Crippen LogP contribution in [0.25, 0.3) is 16.2 Å². The first-order chi connectivity index (χ1) is 13.7. The second-order valence-corrected chi connectivity index (χ2v) is 8.27. The van der Waals surface area contributed by atoms with E-state index in [9.17, 15) is 4.79 Å². The minimum atomic E-state index is 0.197. The van der Waals surface area contributed by atoms with Gasteiger partial charge in [-0.3, -0.25) is 9.20 Å². The van der Waals surface area contributed by atoms with Crippen LogP contribution in [0.4, 0.5) is 0 Å². The molecule has 0 bridgehead atoms. The van der Waals surface area contributed by atoms with Gasteiger partial charge in [0.15, 0.2) is 4.96 Å². The highest BCUT2D eigenvalue weighted by molar-refractivity contribution is 7.15. The zero-order chi connectivity index (χ0) is 19.5. The Kier molecular flexibility index (Phi) is 5.67. The molecule has 4 rings (SSSR count). The predicted molar refractivity (Wildman–Crippen MR) is 113 cm³/mol. The topological polar surface area (TPSA) is 46.8 Å². The van der Waals surface area contributed by atoms with Crippen LogP contribution in [-0.4, -0.2) is 39.9 Å². The molecule has 1 saturated carbocycles. The van der Waals surface area contributed by atoms with Gasteiger partial charge in [-0.1, -0.05) is 19.3 Å². The Labute approximate surface area is 170 Å². The van der Waals surface area contributed by atoms with E-state index in [0.717, 1.165) is 40.5 Å². The summed E-state index contributed by atoms with van der Waals surface area (Å²) in [5, 5.41) is 2.05. The molecule has 1 fully saturated rings. The first kappa shape index (κ1) is 19.0. The van der Waals surface area contributed by atoms with E-state index in [1.165, 1.54) is 19.3 Å². The van der Waals surface area contributed by atoms with Gasteiger partial charge in [0.1, 0.15) is 5.75 Å². The number of rotatable bonds is 6. The number of nitrogens with zero attached hydrogens (tertiary/aromatic N) is 3. The largest absolute Gasteiger partial charge is 0.494 e. The number of carbonyl (C=O) groups is 1. The minimum absolute atomic E-state index is 0.197. The van der Waals surface area contributed by atoms with Gasteiger partial charge in [-0.15, -0.1) is 11.3 Å². The van der Waals surface area contributed by atoms with E-state index in [1.54, 1.807) is 11.3 Å². The van der Waals surface area contributed by atoms with Crippen molar-refractivity contribution in [1.82, 2.24) is 14.3 Å². The van der Waals surface area contributed by atoms with Gasteiger partial charge >= 0.3 is 0 Å². The molecule has 1 aliphatic rings. The molecule has 0 radical (unpaired) electrons. The number of thiazole rings is 1. The van der Waals surface area contributed by atoms with Crippen LogP contribution in [0, 0.1) is 0 Å². The Morgan fingerprint density at radius 1 is 1.25 bits per heavy atom. The third-order valence-electron chi connectivity index (χ3n) is 5.59. The van der Waals surface area contributed by atoms with Gasteiger partial charge < -0.3 is 9.64 Å². The first-order valence-electron chi connectivity index (χ1n) is 10.1. The molecule has 1 amide bonds. The van der Waals surface area contributed by atoms with E-state index in [2.05, 4.69) is 9.78 Å². The number of carbonyl (C=O) groups excluding carboxylic acids is 1. The van der Waals surface area contributed by atoms with Gasteiger partial charge in [-0.2, -0.15) is 0 Å². The molecule has 0 aliphatic heterocycles. The van der Waals surface area contributed by atoms with E-state index < -0.39 is 0 Å². The third kappa shape index (κ3) is 3.92. The highest BCUT2D eigenvalue weighted by atomic mass is 32.1. The molecular formula is C22H27N3O2S. The van der Waals surface area contributed by atoms with Crippen LogP contribution < -0.4 is 4.74 Å². The summed E-state index contributed by atoms with van der Waals surface area (Å²) in [4.78, 5) is 20.4. The van der Waals surface area contributed by atoms with Crippen LogP contribution in [0.15, 0.2) is 35.8 Å². The number of aromatic nitrogens is 2. The number of imidazole rings is 1. The lowest BCUT2D eigenvalue weighted by Crippen LogP contribution is -2.39. The molecule has 28 heavy (non-hydrogen) atoms. The molecule has 6 heteroatoms. The fourth-order valence-corrected chi connectivity index (χ4v) is 4.81. The van der Waals surface area contributed by atoms with Gasteiger partial charge in [-0.25, -0.2) is 4.98 Å². The van der Waals surface area contributed by atoms with Gasteiger partial charge in [-0.05, 0) is 44.0 Å². The highest BCUT2D eigenvalue weighted by Gasteiger charge is 2.23. The van der Waals surface area contributed by atoms with Crippen LogP contribution in [0.2, 0.25) is 0 Å². The number of ether oxygens (including phenoxy) is 1. The molecule has 3 aromatic rings. The lowest BCUT2D eigenvalue weighted by molar-refractivity contribution is -0.131. The van der Waals surface area contributed by atoms with Crippen LogP contribution in [0.5, 0.6) is 5.75 Å². The summed E-state index contributed by atoms with van der Waals surface area (Å²) in [6, 6.07) is 8.39. The molecule has 0 atom stereocenters. The average molecular weight is 398 g/mol. The number of benzene rings is 1. The third-order valence-corrected chi connectivity index (χ3v) is 6.48. The highest BCUT2D eigenvalue weighted by Crippen LogP contribution is 2.27. The van der Waals surface area contributed by atoms with Crippen LogP contribution in [0.1, 0.15) is 44.7 Å². The second kappa shape index (κ2) is 8.35. The summed E-state index contributed by atoms with van der Waals surface area (Å²) >= 11 is 1.59. The maximum atomic E-state index is 12.8. The monoisotopic (exact) mass is 397 g/mol. The van der Waals surface area contributed by atoms with Crippen molar-refractivity contribution in [2.45, 2.75) is 51.5 Å². The molecule has 1 aromatic carbocycles. The van der Waals surface area contributed by atoms with Crippen LogP contribution in [0.3, 0.4) is 0 Å². The molecule has 2 heterocycles. The maximum absolute atomic E-state index is 12.8. The van der Waals surface area contributed by atoms with Crippen molar-refractivity contribution in [3.63, 3.8) is 0 Å². The fourth-order valence-electron chi connectivity index (χ4n) is 3.94. The molecule has 0 N–H and O–H groups in total. The van der Waals surface area contributed by atoms with Crippen molar-refractivity contribution in [1.29, 1.82) is 0 Å². The van der Waals surface area contributed by atoms with Crippen molar-refractivity contribution in [2.75, 3.05) is 13.7 Å². The predicted octanol–water partition coefficient (Wildman–Crippen LogP) is 4.80. The zero-order valence-electron chi connectivity index (χ0n) is 16.6. The molecule has 0 unspecified atom stereocenters. The molecule has 0 saturated heterocycles. The zero-order valence-corrected chi connectivity index (χ0v) is 17.4. The smallest absolute Gasteiger partial charge is 0.228 e. The summed E-state index contributed by atoms with van der Waals surface area (Å²) in [5.74, 6) is 1.06. The number of hydrogen-bond donors (Lipinski definition) is 0. The quantitative estimate of drug-likeness (QED) is 0.600. The fraction of sp³-hybridized carbons (Fsp3) is 0.455. The Hall–Kier alpha value is -2.34. The lowest BCUT2D eigenvalue weighted by Gasteiger charge is -2.31. The van der Waals surface area contributed by atoms with Gasteiger partial charge in [0.2, 0.25) is 5.91 Å². The summed E-state index contributed by atoms with van der Waals surface area (Å²) < 4.78 is 7.57. The van der Waals surface area contributed by atoms with Crippen molar-refractivity contribution >= 4 is 22.2 Å². The molecular weight excluding hydrogens is 370 g/mol. The lowest BCUT2D eigenvalue weighted by atomic mass is 9.94. The normalized spacial score (nSPS) is 15.1. The van der Waals surface area contributed by atoms with Crippen molar-refractivity contribution in [3.05, 3.63) is 41.5 Å². The van der Waals surface area contributed by atoms with E-state index in [0.29, 0.717) is 19.1 Å². The number of hydrogen-bond acceptors (Lipinski definition) is 4. The standard InChI is InChI=1S/C22H27N3O2S/c1-3-27-19-11-9-16(10-12-19)20-14-25-18(15-28-22(25)23-20)13-21(26)24(2)17-7-5-4-6-8-17/h9-12,14-15,17H,3-8,13H2,1-2H3. The maximum Gasteiger partial charge on any atom is 0.228 e. The van der Waals surface area contributed by atoms with Crippen molar-refractivity contribution in [2.24, 2.45) is 0 Å². The summed E-state index contributed by atoms with van der Waals surface area (Å²) in [6.45, 7) is 2.64. The van der Waals surface area contributed by atoms with E-state index in [4.69, 9.17) is 9.72 Å². The Balaban J connectivity index is 1.50. The van der Waals surface area contributed by atoms with E-state index >= 15 is 0 Å². The summed E-state index contributed by atoms with van der Waals surface area (Å²) in [5.41, 5.74) is 2.98. The summed E-state index contributed by atoms with van der Waals surface area (Å²) in [6.07, 6.45) is 8.49. The Bertz CT molecular complexity index is 939. The summed E-state index contributed by atoms with van der Waals surface area (Å²) in [7, 11) is 1.96. The molecule has 1 aliphatic carbocycles. The number of likely N-dealkylation sites (N-methyl/N-ethyl adjacent to an activating group) is 1. The Morgan fingerprint density at radius 2 is 2.00 bits per heavy atom. The van der Waals surface area contributed by atoms with Gasteiger partial charge in [0, 0.05) is 35.9 Å². The average Bonchev–Trinajstić information content (AvgIpc) is 3.31. The van der Waals surface area contributed by atoms with Crippen molar-refractivity contribution in [3.8, 4) is 17.0 Å². The molecule has 0 spiro atoms. The second-order valence-electron chi connectivity index (χ2n) is 7.44. The van der Waals surface area contributed by atoms with E-state index in [1.807, 2.05) is 49.3 Å². The van der Waals surface area contributed by atoms with E-state index in [-0.39, 0.29) is 5.91 Å². The number of fused-ring (bicyclic) bond motifs is 1. The molecule has 5 nitrogen and oxygen atoms in total. The minimum Gasteiger partial charge on any atom is -0.494 e. The Morgan fingerprint density at radius 3 is 2.71 bits per heavy atom. The SMILES string of the molecule is CCOc1ccc(-c2cn3c(CC(=O)N(C)C4CCCCC4)csc3n2)cc1. The van der Waals surface area contributed by atoms with Gasteiger partial charge in [0.05, 0.1) is 18.7 Å². The first-order valence-corrected chi connectivity index (χ1v) is 11.0. The van der Waals surface area contributed by atoms with Crippen LogP contribution >= 0.6 is 11.3 Å². The molecule has 2 aromatic heterocycles. The van der Waals surface area contributed by atoms with Crippen molar-refractivity contribution < 1.29 is 9.53 Å². The van der Waals surface area contributed by atoms with Gasteiger partial charge in [0.25, 0.3) is 0 Å². The van der Waals surface area contributed by atoms with Crippen LogP contribution in [-0.2, 0) is 11.2 Å². The number of amides is 1.